The van der Waals surface area contributed by atoms with Gasteiger partial charge < -0.3 is 9.67 Å². The standard InChI is InChI=1S/C28H35NO2S/c1-27(2,3)22-13-20(14-23(26(22)31)28(4,5)6)15-24(30)21-16-25(32-7)29(18-21)17-19-11-9-8-10-12-19/h8-14,16,18,31H,15,17H2,1-7H3. The van der Waals surface area contributed by atoms with E-state index in [4.69, 9.17) is 0 Å². The Hall–Kier alpha value is -2.46. The van der Waals surface area contributed by atoms with Crippen molar-refractivity contribution in [3.63, 3.8) is 0 Å². The quantitative estimate of drug-likeness (QED) is 0.326. The van der Waals surface area contributed by atoms with E-state index in [2.05, 4.69) is 58.2 Å². The molecule has 0 radical (unpaired) electrons. The van der Waals surface area contributed by atoms with Crippen molar-refractivity contribution in [1.29, 1.82) is 0 Å². The van der Waals surface area contributed by atoms with Gasteiger partial charge in [0.2, 0.25) is 0 Å². The van der Waals surface area contributed by atoms with E-state index in [1.54, 1.807) is 11.8 Å². The van der Waals surface area contributed by atoms with Crippen LogP contribution in [-0.4, -0.2) is 21.7 Å². The van der Waals surface area contributed by atoms with Crippen LogP contribution in [0.15, 0.2) is 59.8 Å². The molecule has 2 aromatic carbocycles. The number of carbonyl (C=O) groups is 1. The predicted octanol–water partition coefficient (Wildman–Crippen LogP) is 6.98. The summed E-state index contributed by atoms with van der Waals surface area (Å²) in [7, 11) is 0. The lowest BCUT2D eigenvalue weighted by Crippen LogP contribution is -2.18. The lowest BCUT2D eigenvalue weighted by atomic mass is 9.78. The molecule has 0 fully saturated rings. The maximum Gasteiger partial charge on any atom is 0.168 e. The summed E-state index contributed by atoms with van der Waals surface area (Å²) in [4.78, 5) is 13.3. The molecule has 0 aliphatic rings. The molecule has 1 heterocycles. The molecule has 0 saturated carbocycles. The molecule has 4 heteroatoms. The fraction of sp³-hybridized carbons (Fsp3) is 0.393. The van der Waals surface area contributed by atoms with Crippen LogP contribution in [0.3, 0.4) is 0 Å². The molecule has 0 unspecified atom stereocenters. The summed E-state index contributed by atoms with van der Waals surface area (Å²) in [5.41, 5.74) is 4.23. The van der Waals surface area contributed by atoms with E-state index in [9.17, 15) is 9.90 Å². The zero-order valence-corrected chi connectivity index (χ0v) is 21.1. The minimum atomic E-state index is -0.214. The molecule has 0 bridgehead atoms. The molecular formula is C28H35NO2S. The molecule has 3 nitrogen and oxygen atoms in total. The molecule has 1 N–H and O–H groups in total. The van der Waals surface area contributed by atoms with Crippen molar-refractivity contribution < 1.29 is 9.90 Å². The average molecular weight is 450 g/mol. The van der Waals surface area contributed by atoms with Crippen molar-refractivity contribution in [3.05, 3.63) is 82.5 Å². The van der Waals surface area contributed by atoms with Gasteiger partial charge in [-0.25, -0.2) is 0 Å². The Morgan fingerprint density at radius 1 is 0.906 bits per heavy atom. The number of phenols is 1. The minimum Gasteiger partial charge on any atom is -0.507 e. The minimum absolute atomic E-state index is 0.0949. The van der Waals surface area contributed by atoms with Gasteiger partial charge in [0.1, 0.15) is 5.75 Å². The Bertz CT molecular complexity index is 1060. The zero-order valence-electron chi connectivity index (χ0n) is 20.3. The molecule has 0 saturated heterocycles. The normalized spacial score (nSPS) is 12.2. The number of nitrogens with zero attached hydrogens (tertiary/aromatic N) is 1. The van der Waals surface area contributed by atoms with Crippen molar-refractivity contribution in [2.45, 2.75) is 70.4 Å². The van der Waals surface area contributed by atoms with Crippen molar-refractivity contribution in [1.82, 2.24) is 4.57 Å². The monoisotopic (exact) mass is 449 g/mol. The smallest absolute Gasteiger partial charge is 0.168 e. The van der Waals surface area contributed by atoms with Crippen LogP contribution in [0.4, 0.5) is 0 Å². The van der Waals surface area contributed by atoms with Gasteiger partial charge in [-0.2, -0.15) is 0 Å². The number of hydrogen-bond acceptors (Lipinski definition) is 3. The molecule has 3 aromatic rings. The summed E-state index contributed by atoms with van der Waals surface area (Å²) in [5, 5.41) is 12.0. The predicted molar refractivity (Wildman–Crippen MR) is 135 cm³/mol. The van der Waals surface area contributed by atoms with Gasteiger partial charge in [0.05, 0.1) is 5.03 Å². The zero-order chi connectivity index (χ0) is 23.7. The first-order valence-corrected chi connectivity index (χ1v) is 12.3. The highest BCUT2D eigenvalue weighted by molar-refractivity contribution is 7.98. The molecule has 170 valence electrons. The first kappa shape index (κ1) is 24.2. The maximum atomic E-state index is 13.3. The summed E-state index contributed by atoms with van der Waals surface area (Å²) < 4.78 is 2.14. The van der Waals surface area contributed by atoms with Gasteiger partial charge in [-0.05, 0) is 45.4 Å². The van der Waals surface area contributed by atoms with Crippen LogP contribution in [0.2, 0.25) is 0 Å². The number of aromatic nitrogens is 1. The van der Waals surface area contributed by atoms with Crippen LogP contribution in [0.1, 0.15) is 74.2 Å². The van der Waals surface area contributed by atoms with Crippen molar-refractivity contribution in [2.75, 3.05) is 6.26 Å². The molecule has 0 aliphatic heterocycles. The Kier molecular flexibility index (Phi) is 6.94. The first-order valence-electron chi connectivity index (χ1n) is 11.1. The van der Waals surface area contributed by atoms with Gasteiger partial charge in [-0.3, -0.25) is 4.79 Å². The Morgan fingerprint density at radius 2 is 1.47 bits per heavy atom. The Balaban J connectivity index is 1.93. The lowest BCUT2D eigenvalue weighted by molar-refractivity contribution is 0.0992. The number of carbonyl (C=O) groups excluding carboxylic acids is 1. The van der Waals surface area contributed by atoms with Crippen molar-refractivity contribution >= 4 is 17.5 Å². The lowest BCUT2D eigenvalue weighted by Gasteiger charge is -2.28. The summed E-state index contributed by atoms with van der Waals surface area (Å²) in [6.07, 6.45) is 4.32. The fourth-order valence-electron chi connectivity index (χ4n) is 3.94. The van der Waals surface area contributed by atoms with E-state index in [1.807, 2.05) is 48.9 Å². The summed E-state index contributed by atoms with van der Waals surface area (Å²) in [5.74, 6) is 0.442. The highest BCUT2D eigenvalue weighted by atomic mass is 32.2. The number of phenolic OH excluding ortho intramolecular Hbond substituents is 1. The number of rotatable bonds is 6. The molecular weight excluding hydrogens is 414 g/mol. The van der Waals surface area contributed by atoms with Gasteiger partial charge in [0, 0.05) is 24.7 Å². The maximum absolute atomic E-state index is 13.3. The number of Topliss-reactive ketones (excluding diaryl/α,β-unsaturated/α-hetero) is 1. The van der Waals surface area contributed by atoms with Crippen LogP contribution in [-0.2, 0) is 23.8 Å². The molecule has 0 aliphatic carbocycles. The van der Waals surface area contributed by atoms with Crippen LogP contribution in [0, 0.1) is 0 Å². The van der Waals surface area contributed by atoms with Crippen LogP contribution in [0.5, 0.6) is 5.75 Å². The van der Waals surface area contributed by atoms with Crippen LogP contribution < -0.4 is 0 Å². The van der Waals surface area contributed by atoms with Crippen LogP contribution in [0.25, 0.3) is 0 Å². The molecule has 0 atom stereocenters. The highest BCUT2D eigenvalue weighted by Gasteiger charge is 2.27. The van der Waals surface area contributed by atoms with Crippen molar-refractivity contribution in [2.24, 2.45) is 0 Å². The SMILES string of the molecule is CSc1cc(C(=O)Cc2cc(C(C)(C)C)c(O)c(C(C)(C)C)c2)cn1Cc1ccccc1. The average Bonchev–Trinajstić information content (AvgIpc) is 3.11. The number of hydrogen-bond donors (Lipinski definition) is 1. The summed E-state index contributed by atoms with van der Waals surface area (Å²) >= 11 is 1.65. The second-order valence-corrected chi connectivity index (χ2v) is 11.4. The summed E-state index contributed by atoms with van der Waals surface area (Å²) in [6, 6.07) is 16.3. The van der Waals surface area contributed by atoms with Gasteiger partial charge in [-0.15, -0.1) is 11.8 Å². The number of ketones is 1. The second-order valence-electron chi connectivity index (χ2n) is 10.5. The number of aromatic hydroxyl groups is 1. The third kappa shape index (κ3) is 5.47. The Morgan fingerprint density at radius 3 is 1.97 bits per heavy atom. The van der Waals surface area contributed by atoms with E-state index in [-0.39, 0.29) is 16.6 Å². The van der Waals surface area contributed by atoms with Gasteiger partial charge >= 0.3 is 0 Å². The Labute approximate surface area is 196 Å². The van der Waals surface area contributed by atoms with E-state index in [0.717, 1.165) is 33.8 Å². The van der Waals surface area contributed by atoms with E-state index in [0.29, 0.717) is 12.2 Å². The summed E-state index contributed by atoms with van der Waals surface area (Å²) in [6.45, 7) is 13.3. The molecule has 1 aromatic heterocycles. The third-order valence-corrected chi connectivity index (χ3v) is 6.50. The third-order valence-electron chi connectivity index (χ3n) is 5.73. The van der Waals surface area contributed by atoms with E-state index < -0.39 is 0 Å². The number of benzene rings is 2. The highest BCUT2D eigenvalue weighted by Crippen LogP contribution is 2.40. The molecule has 0 amide bonds. The molecule has 0 spiro atoms. The van der Waals surface area contributed by atoms with E-state index in [1.165, 1.54) is 5.56 Å². The molecule has 32 heavy (non-hydrogen) atoms. The van der Waals surface area contributed by atoms with E-state index >= 15 is 0 Å². The van der Waals surface area contributed by atoms with Gasteiger partial charge in [0.25, 0.3) is 0 Å². The largest absolute Gasteiger partial charge is 0.507 e. The number of thioether (sulfide) groups is 1. The molecule has 3 rings (SSSR count). The second kappa shape index (κ2) is 9.19. The van der Waals surface area contributed by atoms with Gasteiger partial charge in [-0.1, -0.05) is 84.0 Å². The van der Waals surface area contributed by atoms with Crippen molar-refractivity contribution in [3.8, 4) is 5.75 Å². The topological polar surface area (TPSA) is 42.2 Å². The first-order chi connectivity index (χ1) is 14.9. The van der Waals surface area contributed by atoms with Crippen LogP contribution >= 0.6 is 11.8 Å². The fourth-order valence-corrected chi connectivity index (χ4v) is 4.54. The van der Waals surface area contributed by atoms with Gasteiger partial charge in [0.15, 0.2) is 5.78 Å².